The molecule has 0 aromatic rings. The number of hydrogen-bond donors (Lipinski definition) is 2. The molecule has 0 amide bonds. The lowest BCUT2D eigenvalue weighted by atomic mass is 9.38. The van der Waals surface area contributed by atoms with Crippen LogP contribution in [0.15, 0.2) is 23.3 Å². The summed E-state index contributed by atoms with van der Waals surface area (Å²) in [4.78, 5) is 102. The molecule has 72 heavy (non-hydrogen) atoms. The summed E-state index contributed by atoms with van der Waals surface area (Å²) in [5, 5.41) is 22.4. The number of ketones is 4. The lowest BCUT2D eigenvalue weighted by Gasteiger charge is -2.63. The van der Waals surface area contributed by atoms with Gasteiger partial charge in [0.1, 0.15) is 36.0 Å². The molecule has 10 aliphatic rings. The minimum Gasteiger partial charge on any atom is -0.459 e. The summed E-state index contributed by atoms with van der Waals surface area (Å²) >= 11 is 0. The Morgan fingerprint density at radius 1 is 0.528 bits per heavy atom. The molecule has 0 spiro atoms. The molecule has 16 heteroatoms. The fourth-order valence-corrected chi connectivity index (χ4v) is 19.0. The number of carbonyl (C=O) groups excluding carboxylic acids is 8. The zero-order valence-electron chi connectivity index (χ0n) is 44.6. The Morgan fingerprint density at radius 2 is 0.847 bits per heavy atom. The van der Waals surface area contributed by atoms with Crippen LogP contribution in [-0.2, 0) is 66.8 Å². The normalized spacial score (nSPS) is 48.3. The van der Waals surface area contributed by atoms with E-state index in [1.54, 1.807) is 0 Å². The van der Waals surface area contributed by atoms with Crippen LogP contribution in [0.25, 0.3) is 0 Å². The predicted octanol–water partition coefficient (Wildman–Crippen LogP) is 5.87. The smallest absolute Gasteiger partial charge is 0.303 e. The van der Waals surface area contributed by atoms with E-state index in [-0.39, 0.29) is 59.6 Å². The number of Topliss-reactive ketones (excluding diaryl/α,β-unsaturated/α-hetero) is 4. The summed E-state index contributed by atoms with van der Waals surface area (Å²) in [6, 6.07) is 0. The van der Waals surface area contributed by atoms with Crippen molar-refractivity contribution in [1.82, 2.24) is 0 Å². The molecule has 2 heterocycles. The van der Waals surface area contributed by atoms with Gasteiger partial charge < -0.3 is 38.6 Å². The van der Waals surface area contributed by atoms with Crippen LogP contribution in [-0.4, -0.2) is 118 Å². The number of rotatable bonds is 6. The van der Waals surface area contributed by atoms with E-state index in [0.717, 1.165) is 11.1 Å². The lowest BCUT2D eigenvalue weighted by molar-refractivity contribution is -0.191. The highest BCUT2D eigenvalue weighted by molar-refractivity contribution is 5.95. The first-order valence-electron chi connectivity index (χ1n) is 26.0. The number of esters is 4. The van der Waals surface area contributed by atoms with Crippen molar-refractivity contribution in [2.24, 2.45) is 67.0 Å². The first-order valence-corrected chi connectivity index (χ1v) is 26.0. The SMILES string of the molecule is CC(=O)O[C@H]1C[C@@H]2C(=CC[C@@H]3[C@@]2(C)C(=O)C[C@@]2(C)[C@]34CO[C@]2(C(C)=O)[C@H](O)C4)C(C)(C)[C@@H]1OC(C)=O.CC(=O)O[C@H]1C[C@@H]2C(=CC[C@@H]3[C@@]2(C)C(=O)C[C@@]2(C)[C@]34CO[C@]2(C(C)=O)[C@H](O)C4)C(C)(C)[C@@H]1OC(C)=O. The number of carbonyl (C=O) groups is 8. The number of aliphatic hydroxyl groups is 2. The van der Waals surface area contributed by atoms with Gasteiger partial charge >= 0.3 is 23.9 Å². The Hall–Kier alpha value is -4.12. The molecule has 8 aliphatic carbocycles. The topological polar surface area (TPSA) is 232 Å². The molecular formula is C56H76O16. The molecule has 10 rings (SSSR count). The van der Waals surface area contributed by atoms with Crippen LogP contribution in [0, 0.1) is 67.0 Å². The van der Waals surface area contributed by atoms with Crippen molar-refractivity contribution in [2.75, 3.05) is 13.2 Å². The molecule has 6 saturated carbocycles. The first-order chi connectivity index (χ1) is 33.2. The summed E-state index contributed by atoms with van der Waals surface area (Å²) in [5.41, 5.74) is -6.22. The lowest BCUT2D eigenvalue weighted by Crippen LogP contribution is -2.66. The molecule has 18 atom stereocenters. The highest BCUT2D eigenvalue weighted by Gasteiger charge is 2.85. The third kappa shape index (κ3) is 6.18. The van der Waals surface area contributed by atoms with Gasteiger partial charge in [0.15, 0.2) is 22.8 Å². The van der Waals surface area contributed by atoms with Gasteiger partial charge in [0, 0.05) is 83.9 Å². The van der Waals surface area contributed by atoms with Gasteiger partial charge in [0.05, 0.1) is 25.4 Å². The second-order valence-corrected chi connectivity index (χ2v) is 25.6. The van der Waals surface area contributed by atoms with E-state index in [4.69, 9.17) is 28.4 Å². The van der Waals surface area contributed by atoms with Gasteiger partial charge in [-0.1, -0.05) is 78.7 Å². The highest BCUT2D eigenvalue weighted by Crippen LogP contribution is 2.79. The fourth-order valence-electron chi connectivity index (χ4n) is 19.0. The number of fused-ring (bicyclic) bond motifs is 6. The standard InChI is InChI=1S/2C28H38O8/c2*1-14(29)28-22(33)12-27(13-34-28)20-9-8-17-18(26(20,7)21(32)11-25(27,28)6)10-19(35-15(2)30)23(24(17,4)5)36-16(3)31/h2*8,18-20,22-23,33H,9-13H2,1-7H3/t2*18-,19+,20-,22-,23-,25+,26+,27-,28-/m11/s1. The van der Waals surface area contributed by atoms with Gasteiger partial charge in [-0.2, -0.15) is 0 Å². The average molecular weight is 1010 g/mol. The Labute approximate surface area is 422 Å². The molecule has 4 bridgehead atoms. The van der Waals surface area contributed by atoms with E-state index in [9.17, 15) is 48.6 Å². The molecule has 396 valence electrons. The first kappa shape index (κ1) is 52.7. The quantitative estimate of drug-likeness (QED) is 0.180. The second-order valence-electron chi connectivity index (χ2n) is 25.6. The maximum absolute atomic E-state index is 14.3. The predicted molar refractivity (Wildman–Crippen MR) is 255 cm³/mol. The maximum atomic E-state index is 14.3. The summed E-state index contributed by atoms with van der Waals surface area (Å²) in [5.74, 6) is -2.95. The average Bonchev–Trinajstić information content (AvgIpc) is 3.81. The van der Waals surface area contributed by atoms with Gasteiger partial charge in [-0.3, -0.25) is 38.4 Å². The monoisotopic (exact) mass is 1000 g/mol. The second kappa shape index (κ2) is 16.2. The van der Waals surface area contributed by atoms with Crippen LogP contribution < -0.4 is 0 Å². The number of aliphatic hydroxyl groups excluding tert-OH is 2. The van der Waals surface area contributed by atoms with E-state index in [1.807, 2.05) is 55.4 Å². The molecule has 0 unspecified atom stereocenters. The van der Waals surface area contributed by atoms with E-state index in [0.29, 0.717) is 51.7 Å². The van der Waals surface area contributed by atoms with Crippen molar-refractivity contribution in [3.05, 3.63) is 23.3 Å². The molecule has 0 radical (unpaired) electrons. The van der Waals surface area contributed by atoms with Gasteiger partial charge in [0.25, 0.3) is 0 Å². The van der Waals surface area contributed by atoms with Gasteiger partial charge in [-0.05, 0) is 76.0 Å². The molecule has 16 nitrogen and oxygen atoms in total. The Balaban J connectivity index is 0.000000178. The third-order valence-corrected chi connectivity index (χ3v) is 22.2. The van der Waals surface area contributed by atoms with Crippen molar-refractivity contribution >= 4 is 47.0 Å². The largest absolute Gasteiger partial charge is 0.459 e. The fraction of sp³-hybridized carbons (Fsp3) is 0.786. The van der Waals surface area contributed by atoms with Crippen molar-refractivity contribution in [2.45, 2.75) is 196 Å². The summed E-state index contributed by atoms with van der Waals surface area (Å²) in [6.07, 6.45) is 2.74. The van der Waals surface area contributed by atoms with Crippen LogP contribution in [0.3, 0.4) is 0 Å². The maximum Gasteiger partial charge on any atom is 0.303 e. The van der Waals surface area contributed by atoms with Crippen LogP contribution >= 0.6 is 0 Å². The van der Waals surface area contributed by atoms with Crippen LogP contribution in [0.5, 0.6) is 0 Å². The number of allylic oxidation sites excluding steroid dienone is 2. The Bertz CT molecular complexity index is 2350. The third-order valence-electron chi connectivity index (χ3n) is 22.2. The zero-order chi connectivity index (χ0) is 53.3. The van der Waals surface area contributed by atoms with Crippen LogP contribution in [0.4, 0.5) is 0 Å². The van der Waals surface area contributed by atoms with Gasteiger partial charge in [0.2, 0.25) is 0 Å². The summed E-state index contributed by atoms with van der Waals surface area (Å²) < 4.78 is 35.3. The summed E-state index contributed by atoms with van der Waals surface area (Å²) in [7, 11) is 0. The van der Waals surface area contributed by atoms with E-state index < -0.39 is 115 Å². The zero-order valence-corrected chi connectivity index (χ0v) is 44.6. The van der Waals surface area contributed by atoms with Gasteiger partial charge in [-0.25, -0.2) is 0 Å². The van der Waals surface area contributed by atoms with E-state index >= 15 is 0 Å². The van der Waals surface area contributed by atoms with Crippen LogP contribution in [0.1, 0.15) is 148 Å². The summed E-state index contributed by atoms with van der Waals surface area (Å²) in [6.45, 7) is 24.8. The Morgan fingerprint density at radius 3 is 1.12 bits per heavy atom. The van der Waals surface area contributed by atoms with Crippen LogP contribution in [0.2, 0.25) is 0 Å². The van der Waals surface area contributed by atoms with Crippen molar-refractivity contribution in [3.8, 4) is 0 Å². The number of hydrogen-bond acceptors (Lipinski definition) is 16. The van der Waals surface area contributed by atoms with Crippen molar-refractivity contribution in [1.29, 1.82) is 0 Å². The molecule has 8 fully saturated rings. The Kier molecular flexibility index (Phi) is 11.9. The van der Waals surface area contributed by atoms with Crippen molar-refractivity contribution in [3.63, 3.8) is 0 Å². The number of ether oxygens (including phenoxy) is 6. The molecule has 0 aromatic heterocycles. The minimum atomic E-state index is -1.36. The van der Waals surface area contributed by atoms with Gasteiger partial charge in [-0.15, -0.1) is 0 Å². The molecular weight excluding hydrogens is 929 g/mol. The molecule has 0 aromatic carbocycles. The molecule has 2 N–H and O–H groups in total. The van der Waals surface area contributed by atoms with E-state index in [2.05, 4.69) is 12.2 Å². The minimum absolute atomic E-state index is 0.0507. The highest BCUT2D eigenvalue weighted by atomic mass is 16.6. The van der Waals surface area contributed by atoms with Crippen molar-refractivity contribution < 1.29 is 77.0 Å². The molecule has 2 saturated heterocycles. The molecule has 2 aliphatic heterocycles. The van der Waals surface area contributed by atoms with E-state index in [1.165, 1.54) is 41.5 Å².